The summed E-state index contributed by atoms with van der Waals surface area (Å²) in [6, 6.07) is 0. The molecule has 2 heterocycles. The van der Waals surface area contributed by atoms with Gasteiger partial charge in [0.1, 0.15) is 0 Å². The van der Waals surface area contributed by atoms with Gasteiger partial charge in [0.25, 0.3) is 0 Å². The van der Waals surface area contributed by atoms with Crippen LogP contribution in [0.3, 0.4) is 0 Å². The highest BCUT2D eigenvalue weighted by Gasteiger charge is 2.45. The van der Waals surface area contributed by atoms with Crippen LogP contribution in [0.4, 0.5) is 0 Å². The van der Waals surface area contributed by atoms with E-state index in [1.165, 1.54) is 6.42 Å². The van der Waals surface area contributed by atoms with Gasteiger partial charge in [0.2, 0.25) is 0 Å². The maximum absolute atomic E-state index is 4.31. The highest BCUT2D eigenvalue weighted by molar-refractivity contribution is 7.78. The lowest BCUT2D eigenvalue weighted by Crippen LogP contribution is -2.52. The molecule has 0 bridgehead atoms. The van der Waals surface area contributed by atoms with Crippen LogP contribution in [0.1, 0.15) is 6.42 Å². The molecule has 0 N–H and O–H groups in total. The van der Waals surface area contributed by atoms with Gasteiger partial charge in [-0.2, -0.15) is 0 Å². The summed E-state index contributed by atoms with van der Waals surface area (Å²) in [4.78, 5) is 0. The molecule has 2 nitrogen and oxygen atoms in total. The van der Waals surface area contributed by atoms with Crippen molar-refractivity contribution in [3.8, 4) is 0 Å². The second-order valence-electron chi connectivity index (χ2n) is 3.46. The summed E-state index contributed by atoms with van der Waals surface area (Å²) >= 11 is 8.57. The number of nitrogens with zero attached hydrogens (tertiary/aromatic N) is 2. The zero-order valence-electron chi connectivity index (χ0n) is 5.82. The SMILES string of the molecule is SN1CCC2(C1)CN(S)C2. The van der Waals surface area contributed by atoms with Crippen LogP contribution in [0.25, 0.3) is 0 Å². The Morgan fingerprint density at radius 3 is 2.00 bits per heavy atom. The highest BCUT2D eigenvalue weighted by Crippen LogP contribution is 2.40. The second kappa shape index (κ2) is 2.30. The molecule has 10 heavy (non-hydrogen) atoms. The van der Waals surface area contributed by atoms with E-state index in [1.54, 1.807) is 0 Å². The smallest absolute Gasteiger partial charge is 0.0170 e. The van der Waals surface area contributed by atoms with E-state index in [0.29, 0.717) is 5.41 Å². The van der Waals surface area contributed by atoms with E-state index < -0.39 is 0 Å². The first-order chi connectivity index (χ1) is 4.70. The van der Waals surface area contributed by atoms with Gasteiger partial charge in [0, 0.05) is 31.6 Å². The molecule has 0 aromatic carbocycles. The molecule has 2 rings (SSSR count). The normalized spacial score (nSPS) is 33.0. The standard InChI is InChI=1S/C6H12N2S2/c9-7-2-1-6(3-7)4-8(10)5-6/h9-10H,1-5H2. The number of thiol groups is 2. The van der Waals surface area contributed by atoms with Gasteiger partial charge in [0.05, 0.1) is 0 Å². The lowest BCUT2D eigenvalue weighted by Gasteiger charge is -2.44. The monoisotopic (exact) mass is 176 g/mol. The zero-order chi connectivity index (χ0) is 7.19. The first-order valence-corrected chi connectivity index (χ1v) is 4.38. The lowest BCUT2D eigenvalue weighted by molar-refractivity contribution is 0.0997. The third-order valence-corrected chi connectivity index (χ3v) is 3.08. The lowest BCUT2D eigenvalue weighted by atomic mass is 9.81. The molecule has 0 aromatic rings. The van der Waals surface area contributed by atoms with Crippen LogP contribution in [0, 0.1) is 5.41 Å². The van der Waals surface area contributed by atoms with Gasteiger partial charge in [-0.1, -0.05) is 25.6 Å². The Morgan fingerprint density at radius 2 is 1.60 bits per heavy atom. The maximum Gasteiger partial charge on any atom is 0.0170 e. The average Bonchev–Trinajstić information content (AvgIpc) is 2.10. The molecule has 58 valence electrons. The molecule has 0 radical (unpaired) electrons. The molecule has 0 amide bonds. The Hall–Kier alpha value is 0.620. The highest BCUT2D eigenvalue weighted by atomic mass is 32.1. The summed E-state index contributed by atoms with van der Waals surface area (Å²) in [5, 5.41) is 0. The van der Waals surface area contributed by atoms with Crippen molar-refractivity contribution in [2.45, 2.75) is 6.42 Å². The van der Waals surface area contributed by atoms with Crippen LogP contribution < -0.4 is 0 Å². The molecule has 0 atom stereocenters. The minimum atomic E-state index is 0.559. The van der Waals surface area contributed by atoms with Gasteiger partial charge in [-0.25, -0.2) is 0 Å². The van der Waals surface area contributed by atoms with E-state index in [-0.39, 0.29) is 0 Å². The summed E-state index contributed by atoms with van der Waals surface area (Å²) in [6.07, 6.45) is 1.30. The first kappa shape index (κ1) is 7.28. The van der Waals surface area contributed by atoms with Crippen molar-refractivity contribution in [2.75, 3.05) is 26.2 Å². The van der Waals surface area contributed by atoms with Crippen molar-refractivity contribution in [2.24, 2.45) is 5.41 Å². The predicted molar refractivity (Wildman–Crippen MR) is 48.2 cm³/mol. The summed E-state index contributed by atoms with van der Waals surface area (Å²) < 4.78 is 4.19. The average molecular weight is 176 g/mol. The summed E-state index contributed by atoms with van der Waals surface area (Å²) in [7, 11) is 0. The molecular formula is C6H12N2S2. The molecule has 0 aliphatic carbocycles. The molecule has 4 heteroatoms. The van der Waals surface area contributed by atoms with Crippen LogP contribution in [-0.4, -0.2) is 34.8 Å². The molecule has 2 fully saturated rings. The predicted octanol–water partition coefficient (Wildman–Crippen LogP) is 0.684. The molecule has 2 saturated heterocycles. The largest absolute Gasteiger partial charge is 0.253 e. The van der Waals surface area contributed by atoms with Crippen LogP contribution in [0.2, 0.25) is 0 Å². The summed E-state index contributed by atoms with van der Waals surface area (Å²) in [6.45, 7) is 4.58. The molecule has 0 aromatic heterocycles. The Morgan fingerprint density at radius 1 is 1.00 bits per heavy atom. The first-order valence-electron chi connectivity index (χ1n) is 3.58. The number of hydrogen-bond donors (Lipinski definition) is 2. The minimum absolute atomic E-state index is 0.559. The van der Waals surface area contributed by atoms with Gasteiger partial charge in [0.15, 0.2) is 0 Å². The Balaban J connectivity index is 1.95. The summed E-state index contributed by atoms with van der Waals surface area (Å²) in [5.74, 6) is 0. The molecule has 0 saturated carbocycles. The van der Waals surface area contributed by atoms with Crippen molar-refractivity contribution in [1.82, 2.24) is 8.61 Å². The zero-order valence-corrected chi connectivity index (χ0v) is 7.61. The van der Waals surface area contributed by atoms with Crippen molar-refractivity contribution in [3.05, 3.63) is 0 Å². The summed E-state index contributed by atoms with van der Waals surface area (Å²) in [5.41, 5.74) is 0.559. The topological polar surface area (TPSA) is 6.48 Å². The third kappa shape index (κ3) is 1.07. The van der Waals surface area contributed by atoms with Gasteiger partial charge < -0.3 is 0 Å². The van der Waals surface area contributed by atoms with E-state index in [1.807, 2.05) is 0 Å². The maximum atomic E-state index is 4.31. The second-order valence-corrected chi connectivity index (χ2v) is 4.59. The van der Waals surface area contributed by atoms with Crippen molar-refractivity contribution >= 4 is 25.6 Å². The fourth-order valence-corrected chi connectivity index (χ4v) is 2.90. The van der Waals surface area contributed by atoms with Crippen molar-refractivity contribution < 1.29 is 0 Å². The molecule has 2 aliphatic rings. The third-order valence-electron chi connectivity index (χ3n) is 2.45. The van der Waals surface area contributed by atoms with Crippen LogP contribution in [-0.2, 0) is 0 Å². The molecule has 2 aliphatic heterocycles. The van der Waals surface area contributed by atoms with Crippen molar-refractivity contribution in [3.63, 3.8) is 0 Å². The van der Waals surface area contributed by atoms with Gasteiger partial charge >= 0.3 is 0 Å². The number of rotatable bonds is 0. The minimum Gasteiger partial charge on any atom is -0.253 e. The molecular weight excluding hydrogens is 164 g/mol. The van der Waals surface area contributed by atoms with E-state index in [4.69, 9.17) is 0 Å². The van der Waals surface area contributed by atoms with Gasteiger partial charge in [-0.3, -0.25) is 8.61 Å². The fourth-order valence-electron chi connectivity index (χ4n) is 1.90. The Labute approximate surface area is 72.7 Å². The van der Waals surface area contributed by atoms with Crippen LogP contribution in [0.5, 0.6) is 0 Å². The Kier molecular flexibility index (Phi) is 1.68. The molecule has 0 unspecified atom stereocenters. The van der Waals surface area contributed by atoms with E-state index >= 15 is 0 Å². The Bertz CT molecular complexity index is 139. The fraction of sp³-hybridized carbons (Fsp3) is 1.00. The van der Waals surface area contributed by atoms with Crippen LogP contribution >= 0.6 is 25.6 Å². The quantitative estimate of drug-likeness (QED) is 0.524. The van der Waals surface area contributed by atoms with E-state index in [2.05, 4.69) is 34.2 Å². The van der Waals surface area contributed by atoms with Crippen LogP contribution in [0.15, 0.2) is 0 Å². The van der Waals surface area contributed by atoms with E-state index in [9.17, 15) is 0 Å². The van der Waals surface area contributed by atoms with Crippen molar-refractivity contribution in [1.29, 1.82) is 0 Å². The number of hydrogen-bond acceptors (Lipinski definition) is 4. The molecule has 1 spiro atoms. The van der Waals surface area contributed by atoms with Gasteiger partial charge in [-0.05, 0) is 6.42 Å². The van der Waals surface area contributed by atoms with Gasteiger partial charge in [-0.15, -0.1) is 0 Å². The van der Waals surface area contributed by atoms with E-state index in [0.717, 1.165) is 26.2 Å².